The highest BCUT2D eigenvalue weighted by Crippen LogP contribution is 2.14. The van der Waals surface area contributed by atoms with E-state index in [0.29, 0.717) is 11.1 Å². The number of aromatic nitrogens is 4. The van der Waals surface area contributed by atoms with Crippen LogP contribution in [0.25, 0.3) is 22.1 Å². The van der Waals surface area contributed by atoms with Crippen molar-refractivity contribution in [3.8, 4) is 12.1 Å². The number of nitrogens with zero attached hydrogens (tertiary/aromatic N) is 6. The topological polar surface area (TPSA) is 83.2 Å². The summed E-state index contributed by atoms with van der Waals surface area (Å²) in [7, 11) is 1.93. The molecule has 0 saturated heterocycles. The average molecular weight is 328 g/mol. The van der Waals surface area contributed by atoms with E-state index in [1.165, 1.54) is 0 Å². The van der Waals surface area contributed by atoms with E-state index >= 15 is 0 Å². The molecule has 6 heteroatoms. The Balaban J connectivity index is 0.000000146. The molecule has 4 aromatic rings. The van der Waals surface area contributed by atoms with Crippen LogP contribution in [-0.2, 0) is 13.6 Å². The number of rotatable bonds is 1. The molecule has 0 aliphatic heterocycles. The van der Waals surface area contributed by atoms with Gasteiger partial charge in [-0.1, -0.05) is 0 Å². The fraction of sp³-hybridized carbons (Fsp3) is 0.158. The smallest absolute Gasteiger partial charge is 0.0992 e. The number of nitriles is 2. The first-order valence-corrected chi connectivity index (χ1v) is 7.82. The standard InChI is InChI=1S/C10H9N3.C9H7N3/c1-2-13-7-12-9-5-8(6-11)3-4-10(9)13;1-12-6-11-8-4-7(5-10)2-3-9(8)12/h3-5,7H,2H2,1H3;2-4,6H,1H3. The largest absolute Gasteiger partial charge is 0.334 e. The van der Waals surface area contributed by atoms with Gasteiger partial charge in [0.05, 0.1) is 58.0 Å². The lowest BCUT2D eigenvalue weighted by atomic mass is 10.2. The molecule has 0 amide bonds. The Labute approximate surface area is 145 Å². The minimum absolute atomic E-state index is 0.654. The molecule has 0 atom stereocenters. The van der Waals surface area contributed by atoms with Gasteiger partial charge >= 0.3 is 0 Å². The van der Waals surface area contributed by atoms with E-state index in [9.17, 15) is 0 Å². The first-order chi connectivity index (χ1) is 12.2. The zero-order chi connectivity index (χ0) is 17.8. The lowest BCUT2D eigenvalue weighted by molar-refractivity contribution is 0.787. The summed E-state index contributed by atoms with van der Waals surface area (Å²) in [5, 5.41) is 17.3. The van der Waals surface area contributed by atoms with Crippen molar-refractivity contribution in [1.82, 2.24) is 19.1 Å². The average Bonchev–Trinajstić information content (AvgIpc) is 3.24. The second-order valence-corrected chi connectivity index (χ2v) is 5.52. The third kappa shape index (κ3) is 3.19. The molecule has 0 radical (unpaired) electrons. The Morgan fingerprint density at radius 2 is 1.44 bits per heavy atom. The number of fused-ring (bicyclic) bond motifs is 2. The molecule has 6 nitrogen and oxygen atoms in total. The SMILES string of the molecule is CCn1cnc2cc(C#N)ccc21.Cn1cnc2cc(C#N)ccc21. The highest BCUT2D eigenvalue weighted by atomic mass is 15.0. The predicted molar refractivity (Wildman–Crippen MR) is 95.6 cm³/mol. The number of benzene rings is 2. The molecule has 122 valence electrons. The van der Waals surface area contributed by atoms with Gasteiger partial charge in [0.2, 0.25) is 0 Å². The molecule has 4 rings (SSSR count). The summed E-state index contributed by atoms with van der Waals surface area (Å²) in [5.41, 5.74) is 5.21. The number of hydrogen-bond donors (Lipinski definition) is 0. The quantitative estimate of drug-likeness (QED) is 0.536. The minimum atomic E-state index is 0.654. The van der Waals surface area contributed by atoms with Crippen molar-refractivity contribution >= 4 is 22.1 Å². The van der Waals surface area contributed by atoms with E-state index < -0.39 is 0 Å². The highest BCUT2D eigenvalue weighted by molar-refractivity contribution is 5.77. The fourth-order valence-corrected chi connectivity index (χ4v) is 2.59. The summed E-state index contributed by atoms with van der Waals surface area (Å²) in [6.45, 7) is 2.97. The van der Waals surface area contributed by atoms with E-state index in [1.807, 2.05) is 35.9 Å². The van der Waals surface area contributed by atoms with Crippen molar-refractivity contribution in [3.05, 3.63) is 60.2 Å². The van der Waals surface area contributed by atoms with Gasteiger partial charge in [0.1, 0.15) is 0 Å². The summed E-state index contributed by atoms with van der Waals surface area (Å²) < 4.78 is 3.98. The van der Waals surface area contributed by atoms with Crippen molar-refractivity contribution in [2.24, 2.45) is 7.05 Å². The second kappa shape index (κ2) is 6.86. The molecular weight excluding hydrogens is 312 g/mol. The Kier molecular flexibility index (Phi) is 4.45. The van der Waals surface area contributed by atoms with E-state index in [2.05, 4.69) is 33.6 Å². The summed E-state index contributed by atoms with van der Waals surface area (Å²) in [5.74, 6) is 0. The third-order valence-corrected chi connectivity index (χ3v) is 3.95. The molecule has 0 unspecified atom stereocenters. The molecule has 2 aromatic carbocycles. The van der Waals surface area contributed by atoms with E-state index in [-0.39, 0.29) is 0 Å². The van der Waals surface area contributed by atoms with Gasteiger partial charge in [0, 0.05) is 13.6 Å². The lowest BCUT2D eigenvalue weighted by Crippen LogP contribution is -1.90. The monoisotopic (exact) mass is 328 g/mol. The molecule has 0 bridgehead atoms. The van der Waals surface area contributed by atoms with Crippen LogP contribution in [0.5, 0.6) is 0 Å². The molecule has 25 heavy (non-hydrogen) atoms. The Morgan fingerprint density at radius 1 is 0.880 bits per heavy atom. The zero-order valence-electron chi connectivity index (χ0n) is 14.0. The zero-order valence-corrected chi connectivity index (χ0v) is 14.0. The van der Waals surface area contributed by atoms with Gasteiger partial charge in [-0.25, -0.2) is 9.97 Å². The Morgan fingerprint density at radius 3 is 2.04 bits per heavy atom. The molecule has 2 heterocycles. The van der Waals surface area contributed by atoms with E-state index in [4.69, 9.17) is 10.5 Å². The van der Waals surface area contributed by atoms with Gasteiger partial charge in [-0.3, -0.25) is 0 Å². The van der Waals surface area contributed by atoms with Crippen LogP contribution in [0.3, 0.4) is 0 Å². The van der Waals surface area contributed by atoms with E-state index in [0.717, 1.165) is 28.6 Å². The van der Waals surface area contributed by atoms with Crippen molar-refractivity contribution in [3.63, 3.8) is 0 Å². The molecule has 0 spiro atoms. The maximum absolute atomic E-state index is 8.68. The first-order valence-electron chi connectivity index (χ1n) is 7.82. The van der Waals surface area contributed by atoms with Crippen LogP contribution in [0.2, 0.25) is 0 Å². The Bertz CT molecular complexity index is 1120. The summed E-state index contributed by atoms with van der Waals surface area (Å²) in [6, 6.07) is 15.2. The second-order valence-electron chi connectivity index (χ2n) is 5.52. The number of hydrogen-bond acceptors (Lipinski definition) is 4. The van der Waals surface area contributed by atoms with Gasteiger partial charge < -0.3 is 9.13 Å². The van der Waals surface area contributed by atoms with Gasteiger partial charge in [-0.2, -0.15) is 10.5 Å². The van der Waals surface area contributed by atoms with Crippen molar-refractivity contribution in [2.75, 3.05) is 0 Å². The van der Waals surface area contributed by atoms with Crippen LogP contribution < -0.4 is 0 Å². The summed E-state index contributed by atoms with van der Waals surface area (Å²) >= 11 is 0. The fourth-order valence-electron chi connectivity index (χ4n) is 2.59. The number of imidazole rings is 2. The van der Waals surface area contributed by atoms with Gasteiger partial charge in [0.25, 0.3) is 0 Å². The molecule has 0 saturated carbocycles. The summed E-state index contributed by atoms with van der Waals surface area (Å²) in [4.78, 5) is 8.35. The molecular formula is C19H16N6. The van der Waals surface area contributed by atoms with Crippen molar-refractivity contribution < 1.29 is 0 Å². The van der Waals surface area contributed by atoms with E-state index in [1.54, 1.807) is 24.8 Å². The van der Waals surface area contributed by atoms with Crippen molar-refractivity contribution in [1.29, 1.82) is 10.5 Å². The summed E-state index contributed by atoms with van der Waals surface area (Å²) in [6.07, 6.45) is 3.54. The molecule has 0 aliphatic carbocycles. The van der Waals surface area contributed by atoms with Crippen LogP contribution in [0.15, 0.2) is 49.1 Å². The molecule has 0 aliphatic rings. The third-order valence-electron chi connectivity index (χ3n) is 3.95. The van der Waals surface area contributed by atoms with Gasteiger partial charge in [-0.05, 0) is 43.3 Å². The van der Waals surface area contributed by atoms with Crippen LogP contribution >= 0.6 is 0 Å². The predicted octanol–water partition coefficient (Wildman–Crippen LogP) is 3.37. The van der Waals surface area contributed by atoms with Crippen LogP contribution in [0.1, 0.15) is 18.1 Å². The lowest BCUT2D eigenvalue weighted by Gasteiger charge is -1.97. The van der Waals surface area contributed by atoms with Crippen LogP contribution in [-0.4, -0.2) is 19.1 Å². The molecule has 0 N–H and O–H groups in total. The van der Waals surface area contributed by atoms with Crippen LogP contribution in [0, 0.1) is 22.7 Å². The molecule has 2 aromatic heterocycles. The van der Waals surface area contributed by atoms with Crippen molar-refractivity contribution in [2.45, 2.75) is 13.5 Å². The van der Waals surface area contributed by atoms with Crippen LogP contribution in [0.4, 0.5) is 0 Å². The number of aryl methyl sites for hydroxylation is 2. The van der Waals surface area contributed by atoms with Gasteiger partial charge in [0.15, 0.2) is 0 Å². The maximum atomic E-state index is 8.68. The molecule has 0 fully saturated rings. The Hall–Kier alpha value is -3.64. The van der Waals surface area contributed by atoms with Gasteiger partial charge in [-0.15, -0.1) is 0 Å². The minimum Gasteiger partial charge on any atom is -0.334 e. The first kappa shape index (κ1) is 16.2. The highest BCUT2D eigenvalue weighted by Gasteiger charge is 2.01. The normalized spacial score (nSPS) is 10.1. The maximum Gasteiger partial charge on any atom is 0.0992 e.